The highest BCUT2D eigenvalue weighted by Crippen LogP contribution is 2.20. The van der Waals surface area contributed by atoms with Crippen molar-refractivity contribution < 1.29 is 4.79 Å². The fraction of sp³-hybridized carbons (Fsp3) is 0. The van der Waals surface area contributed by atoms with Crippen molar-refractivity contribution in [3.8, 4) is 5.69 Å². The zero-order valence-corrected chi connectivity index (χ0v) is 12.0. The summed E-state index contributed by atoms with van der Waals surface area (Å²) in [6.45, 7) is 0. The van der Waals surface area contributed by atoms with Crippen LogP contribution in [0.3, 0.4) is 0 Å². The molecular weight excluding hydrogens is 290 g/mol. The summed E-state index contributed by atoms with van der Waals surface area (Å²) in [5, 5.41) is 4.96. The van der Waals surface area contributed by atoms with Gasteiger partial charge in [0.15, 0.2) is 5.65 Å². The van der Waals surface area contributed by atoms with Crippen LogP contribution in [0.25, 0.3) is 16.7 Å². The van der Waals surface area contributed by atoms with E-state index in [9.17, 15) is 4.79 Å². The predicted octanol–water partition coefficient (Wildman–Crippen LogP) is 2.44. The molecule has 0 aliphatic carbocycles. The van der Waals surface area contributed by atoms with Gasteiger partial charge in [-0.1, -0.05) is 18.2 Å². The predicted molar refractivity (Wildman–Crippen MR) is 84.3 cm³/mol. The molecule has 0 aliphatic heterocycles. The topological polar surface area (TPSA) is 73.6 Å². The van der Waals surface area contributed by atoms with E-state index in [-0.39, 0.29) is 5.78 Å². The number of fused-ring (bicyclic) bond motifs is 1. The molecule has 3 heterocycles. The van der Waals surface area contributed by atoms with Crippen LogP contribution in [-0.2, 0) is 0 Å². The van der Waals surface area contributed by atoms with Crippen molar-refractivity contribution in [3.05, 3.63) is 78.6 Å². The Labute approximate surface area is 131 Å². The Kier molecular flexibility index (Phi) is 3.12. The second kappa shape index (κ2) is 5.42. The monoisotopic (exact) mass is 301 g/mol. The van der Waals surface area contributed by atoms with Crippen molar-refractivity contribution in [2.45, 2.75) is 0 Å². The van der Waals surface area contributed by atoms with Gasteiger partial charge in [-0.2, -0.15) is 5.10 Å². The molecule has 0 aliphatic rings. The number of aromatic nitrogens is 5. The maximum Gasteiger partial charge on any atom is 0.213 e. The van der Waals surface area contributed by atoms with Gasteiger partial charge in [0.25, 0.3) is 0 Å². The average molecular weight is 301 g/mol. The van der Waals surface area contributed by atoms with E-state index in [1.165, 1.54) is 12.5 Å². The van der Waals surface area contributed by atoms with Gasteiger partial charge in [0, 0.05) is 18.0 Å². The SMILES string of the molecule is O=C(c1cccnc1)c1ncnc2c1cnn2-c1ccccc1. The van der Waals surface area contributed by atoms with E-state index in [2.05, 4.69) is 20.1 Å². The van der Waals surface area contributed by atoms with Crippen molar-refractivity contribution in [2.75, 3.05) is 0 Å². The van der Waals surface area contributed by atoms with Gasteiger partial charge < -0.3 is 0 Å². The van der Waals surface area contributed by atoms with E-state index in [1.54, 1.807) is 29.2 Å². The standard InChI is InChI=1S/C17H11N5O/c23-16(12-5-4-8-18-9-12)15-14-10-21-22(17(14)20-11-19-15)13-6-2-1-3-7-13/h1-11H. The third kappa shape index (κ3) is 2.26. The fourth-order valence-electron chi connectivity index (χ4n) is 2.42. The van der Waals surface area contributed by atoms with Crippen LogP contribution in [0.5, 0.6) is 0 Å². The molecular formula is C17H11N5O. The molecule has 0 bridgehead atoms. The Morgan fingerprint density at radius 2 is 1.83 bits per heavy atom. The molecule has 23 heavy (non-hydrogen) atoms. The van der Waals surface area contributed by atoms with Crippen LogP contribution in [0.2, 0.25) is 0 Å². The minimum Gasteiger partial charge on any atom is -0.287 e. The highest BCUT2D eigenvalue weighted by Gasteiger charge is 2.18. The van der Waals surface area contributed by atoms with Crippen LogP contribution in [0.15, 0.2) is 67.4 Å². The number of pyridine rings is 1. The number of para-hydroxylation sites is 1. The largest absolute Gasteiger partial charge is 0.287 e. The lowest BCUT2D eigenvalue weighted by atomic mass is 10.1. The smallest absolute Gasteiger partial charge is 0.213 e. The summed E-state index contributed by atoms with van der Waals surface area (Å²) >= 11 is 0. The summed E-state index contributed by atoms with van der Waals surface area (Å²) in [7, 11) is 0. The van der Waals surface area contributed by atoms with E-state index >= 15 is 0 Å². The molecule has 6 nitrogen and oxygen atoms in total. The minimum atomic E-state index is -0.196. The number of rotatable bonds is 3. The van der Waals surface area contributed by atoms with Crippen LogP contribution in [0.1, 0.15) is 16.1 Å². The second-order valence-corrected chi connectivity index (χ2v) is 4.92. The van der Waals surface area contributed by atoms with Crippen LogP contribution in [0.4, 0.5) is 0 Å². The van der Waals surface area contributed by atoms with E-state index in [4.69, 9.17) is 0 Å². The van der Waals surface area contributed by atoms with Gasteiger partial charge in [-0.25, -0.2) is 14.6 Å². The van der Waals surface area contributed by atoms with Crippen molar-refractivity contribution in [2.24, 2.45) is 0 Å². The summed E-state index contributed by atoms with van der Waals surface area (Å²) in [4.78, 5) is 25.0. The molecule has 110 valence electrons. The summed E-state index contributed by atoms with van der Waals surface area (Å²) < 4.78 is 1.69. The number of hydrogen-bond donors (Lipinski definition) is 0. The summed E-state index contributed by atoms with van der Waals surface area (Å²) in [5.41, 5.74) is 2.28. The van der Waals surface area contributed by atoms with Gasteiger partial charge in [0.1, 0.15) is 12.0 Å². The highest BCUT2D eigenvalue weighted by molar-refractivity contribution is 6.13. The van der Waals surface area contributed by atoms with Gasteiger partial charge in [0.05, 0.1) is 17.3 Å². The van der Waals surface area contributed by atoms with Crippen LogP contribution >= 0.6 is 0 Å². The third-order valence-corrected chi connectivity index (χ3v) is 3.51. The quantitative estimate of drug-likeness (QED) is 0.543. The zero-order valence-electron chi connectivity index (χ0n) is 12.0. The lowest BCUT2D eigenvalue weighted by Gasteiger charge is -2.03. The molecule has 0 N–H and O–H groups in total. The molecule has 0 atom stereocenters. The van der Waals surface area contributed by atoms with Gasteiger partial charge in [-0.05, 0) is 24.3 Å². The number of ketones is 1. The molecule has 0 unspecified atom stereocenters. The van der Waals surface area contributed by atoms with Gasteiger partial charge in [-0.15, -0.1) is 0 Å². The maximum atomic E-state index is 12.6. The minimum absolute atomic E-state index is 0.196. The van der Waals surface area contributed by atoms with Crippen molar-refractivity contribution >= 4 is 16.8 Å². The molecule has 4 rings (SSSR count). The summed E-state index contributed by atoms with van der Waals surface area (Å²) in [6, 6.07) is 13.1. The lowest BCUT2D eigenvalue weighted by Crippen LogP contribution is -2.06. The molecule has 6 heteroatoms. The lowest BCUT2D eigenvalue weighted by molar-refractivity contribution is 0.103. The molecule has 4 aromatic rings. The number of carbonyl (C=O) groups is 1. The average Bonchev–Trinajstić information content (AvgIpc) is 3.07. The van der Waals surface area contributed by atoms with E-state index in [0.717, 1.165) is 5.69 Å². The van der Waals surface area contributed by atoms with Crippen molar-refractivity contribution in [3.63, 3.8) is 0 Å². The summed E-state index contributed by atoms with van der Waals surface area (Å²) in [6.07, 6.45) is 6.15. The van der Waals surface area contributed by atoms with E-state index in [1.807, 2.05) is 30.3 Å². The normalized spacial score (nSPS) is 10.8. The Hall–Kier alpha value is -3.41. The van der Waals surface area contributed by atoms with E-state index < -0.39 is 0 Å². The van der Waals surface area contributed by atoms with Crippen LogP contribution in [-0.4, -0.2) is 30.5 Å². The number of carbonyl (C=O) groups excluding carboxylic acids is 1. The van der Waals surface area contributed by atoms with Gasteiger partial charge in [0.2, 0.25) is 5.78 Å². The van der Waals surface area contributed by atoms with Crippen molar-refractivity contribution in [1.29, 1.82) is 0 Å². The molecule has 0 fully saturated rings. The molecule has 0 amide bonds. The van der Waals surface area contributed by atoms with E-state index in [0.29, 0.717) is 22.3 Å². The Morgan fingerprint density at radius 3 is 2.61 bits per heavy atom. The Balaban J connectivity index is 1.87. The first-order valence-electron chi connectivity index (χ1n) is 7.03. The second-order valence-electron chi connectivity index (χ2n) is 4.92. The first-order chi connectivity index (χ1) is 11.3. The van der Waals surface area contributed by atoms with Gasteiger partial charge in [-0.3, -0.25) is 9.78 Å². The Bertz CT molecular complexity index is 980. The summed E-state index contributed by atoms with van der Waals surface area (Å²) in [5.74, 6) is -0.196. The first kappa shape index (κ1) is 13.3. The van der Waals surface area contributed by atoms with Crippen LogP contribution < -0.4 is 0 Å². The number of hydrogen-bond acceptors (Lipinski definition) is 5. The molecule has 0 radical (unpaired) electrons. The maximum absolute atomic E-state index is 12.6. The van der Waals surface area contributed by atoms with Crippen LogP contribution in [0, 0.1) is 0 Å². The molecule has 3 aromatic heterocycles. The molecule has 1 aromatic carbocycles. The van der Waals surface area contributed by atoms with Crippen molar-refractivity contribution in [1.82, 2.24) is 24.7 Å². The number of benzene rings is 1. The highest BCUT2D eigenvalue weighted by atomic mass is 16.1. The third-order valence-electron chi connectivity index (χ3n) is 3.51. The first-order valence-corrected chi connectivity index (χ1v) is 7.03. The zero-order chi connectivity index (χ0) is 15.6. The molecule has 0 spiro atoms. The molecule has 0 saturated heterocycles. The fourth-order valence-corrected chi connectivity index (χ4v) is 2.42. The molecule has 0 saturated carbocycles. The Morgan fingerprint density at radius 1 is 0.957 bits per heavy atom. The van der Waals surface area contributed by atoms with Gasteiger partial charge >= 0.3 is 0 Å². The number of nitrogens with zero attached hydrogens (tertiary/aromatic N) is 5.